The van der Waals surface area contributed by atoms with Crippen molar-refractivity contribution in [1.29, 1.82) is 0 Å². The van der Waals surface area contributed by atoms with Crippen LogP contribution in [0.5, 0.6) is 0 Å². The van der Waals surface area contributed by atoms with E-state index in [0.717, 1.165) is 5.56 Å². The SMILES string of the molecule is O=C1CCN(C(=O)c2cc(C(F)(F)F)cc(C(F)(F)F)c2)[C@H](Cc2ccccc2)C1. The highest BCUT2D eigenvalue weighted by molar-refractivity contribution is 5.96. The molecule has 1 aliphatic heterocycles. The average Bonchev–Trinajstić information content (AvgIpc) is 2.67. The van der Waals surface area contributed by atoms with Crippen LogP contribution in [0, 0.1) is 0 Å². The smallest absolute Gasteiger partial charge is 0.334 e. The van der Waals surface area contributed by atoms with Gasteiger partial charge < -0.3 is 4.90 Å². The summed E-state index contributed by atoms with van der Waals surface area (Å²) in [4.78, 5) is 26.0. The van der Waals surface area contributed by atoms with Gasteiger partial charge in [0.15, 0.2) is 0 Å². The van der Waals surface area contributed by atoms with E-state index in [4.69, 9.17) is 0 Å². The molecule has 1 aliphatic rings. The van der Waals surface area contributed by atoms with Crippen molar-refractivity contribution in [2.75, 3.05) is 6.54 Å². The molecule has 2 aromatic carbocycles. The van der Waals surface area contributed by atoms with Crippen LogP contribution in [0.2, 0.25) is 0 Å². The largest absolute Gasteiger partial charge is 0.416 e. The Balaban J connectivity index is 1.97. The normalized spacial score (nSPS) is 17.9. The fourth-order valence-electron chi connectivity index (χ4n) is 3.48. The molecule has 3 rings (SSSR count). The second kappa shape index (κ2) is 8.12. The first-order chi connectivity index (χ1) is 13.9. The van der Waals surface area contributed by atoms with Crippen LogP contribution in [0.4, 0.5) is 26.3 Å². The molecule has 1 amide bonds. The second-order valence-electron chi connectivity index (χ2n) is 7.13. The first kappa shape index (κ1) is 21.9. The maximum Gasteiger partial charge on any atom is 0.416 e. The van der Waals surface area contributed by atoms with E-state index in [1.54, 1.807) is 30.3 Å². The van der Waals surface area contributed by atoms with Crippen LogP contribution in [0.15, 0.2) is 48.5 Å². The predicted molar refractivity (Wildman–Crippen MR) is 95.7 cm³/mol. The van der Waals surface area contributed by atoms with Crippen molar-refractivity contribution in [3.05, 3.63) is 70.8 Å². The molecular formula is C21H17F6NO2. The predicted octanol–water partition coefficient (Wildman–Crippen LogP) is 5.14. The Morgan fingerprint density at radius 1 is 0.933 bits per heavy atom. The van der Waals surface area contributed by atoms with Gasteiger partial charge in [-0.1, -0.05) is 30.3 Å². The summed E-state index contributed by atoms with van der Waals surface area (Å²) in [7, 11) is 0. The number of Topliss-reactive ketones (excluding diaryl/α,β-unsaturated/α-hetero) is 1. The quantitative estimate of drug-likeness (QED) is 0.634. The topological polar surface area (TPSA) is 37.4 Å². The minimum absolute atomic E-state index is 0.00210. The summed E-state index contributed by atoms with van der Waals surface area (Å²) in [5.74, 6) is -1.07. The fourth-order valence-corrected chi connectivity index (χ4v) is 3.48. The lowest BCUT2D eigenvalue weighted by Crippen LogP contribution is -2.47. The molecular weight excluding hydrogens is 412 g/mol. The van der Waals surface area contributed by atoms with E-state index in [1.165, 1.54) is 4.90 Å². The van der Waals surface area contributed by atoms with Gasteiger partial charge in [0.05, 0.1) is 11.1 Å². The minimum Gasteiger partial charge on any atom is -0.334 e. The highest BCUT2D eigenvalue weighted by Crippen LogP contribution is 2.37. The van der Waals surface area contributed by atoms with Crippen LogP contribution >= 0.6 is 0 Å². The van der Waals surface area contributed by atoms with Crippen LogP contribution in [0.1, 0.15) is 39.9 Å². The molecule has 0 N–H and O–H groups in total. The summed E-state index contributed by atoms with van der Waals surface area (Å²) >= 11 is 0. The van der Waals surface area contributed by atoms with E-state index >= 15 is 0 Å². The lowest BCUT2D eigenvalue weighted by molar-refractivity contribution is -0.143. The number of hydrogen-bond acceptors (Lipinski definition) is 2. The third-order valence-electron chi connectivity index (χ3n) is 4.95. The molecule has 9 heteroatoms. The maximum atomic E-state index is 13.1. The van der Waals surface area contributed by atoms with Gasteiger partial charge in [-0.2, -0.15) is 26.3 Å². The summed E-state index contributed by atoms with van der Waals surface area (Å²) in [5.41, 5.74) is -3.00. The maximum absolute atomic E-state index is 13.1. The van der Waals surface area contributed by atoms with Gasteiger partial charge in [0.2, 0.25) is 0 Å². The van der Waals surface area contributed by atoms with Crippen molar-refractivity contribution in [1.82, 2.24) is 4.90 Å². The van der Waals surface area contributed by atoms with Crippen LogP contribution < -0.4 is 0 Å². The number of benzene rings is 2. The Morgan fingerprint density at radius 3 is 2.03 bits per heavy atom. The van der Waals surface area contributed by atoms with Crippen molar-refractivity contribution >= 4 is 11.7 Å². The Labute approximate surface area is 168 Å². The first-order valence-electron chi connectivity index (χ1n) is 9.11. The molecule has 0 aromatic heterocycles. The third kappa shape index (κ3) is 5.01. The number of piperidine rings is 1. The Hall–Kier alpha value is -2.84. The molecule has 0 bridgehead atoms. The summed E-state index contributed by atoms with van der Waals surface area (Å²) in [6, 6.07) is 9.02. The Morgan fingerprint density at radius 2 is 1.50 bits per heavy atom. The van der Waals surface area contributed by atoms with Crippen molar-refractivity contribution in [3.8, 4) is 0 Å². The first-order valence-corrected chi connectivity index (χ1v) is 9.11. The van der Waals surface area contributed by atoms with Gasteiger partial charge in [-0.05, 0) is 30.2 Å². The minimum atomic E-state index is -5.04. The molecule has 0 spiro atoms. The van der Waals surface area contributed by atoms with Crippen LogP contribution in [0.25, 0.3) is 0 Å². The highest BCUT2D eigenvalue weighted by atomic mass is 19.4. The second-order valence-corrected chi connectivity index (χ2v) is 7.13. The standard InChI is InChI=1S/C21H17F6NO2/c22-20(23,24)15-9-14(10-16(11-15)21(25,26)27)19(30)28-7-6-18(29)12-17(28)8-13-4-2-1-3-5-13/h1-5,9-11,17H,6-8,12H2/t17-/m1/s1. The number of nitrogens with zero attached hydrogens (tertiary/aromatic N) is 1. The molecule has 0 unspecified atom stereocenters. The number of ketones is 1. The summed E-state index contributed by atoms with van der Waals surface area (Å²) in [6.45, 7) is -0.0627. The van der Waals surface area contributed by atoms with E-state index < -0.39 is 41.0 Å². The van der Waals surface area contributed by atoms with Crippen molar-refractivity contribution in [2.24, 2.45) is 0 Å². The van der Waals surface area contributed by atoms with Gasteiger partial charge in [0.1, 0.15) is 5.78 Å². The van der Waals surface area contributed by atoms with Crippen molar-refractivity contribution in [2.45, 2.75) is 37.7 Å². The van der Waals surface area contributed by atoms with E-state index in [1.807, 2.05) is 0 Å². The van der Waals surface area contributed by atoms with Gasteiger partial charge in [0.25, 0.3) is 5.91 Å². The van der Waals surface area contributed by atoms with Gasteiger partial charge in [-0.3, -0.25) is 9.59 Å². The number of rotatable bonds is 3. The molecule has 1 atom stereocenters. The molecule has 0 aliphatic carbocycles. The van der Waals surface area contributed by atoms with Crippen LogP contribution in [-0.4, -0.2) is 29.2 Å². The lowest BCUT2D eigenvalue weighted by Gasteiger charge is -2.35. The van der Waals surface area contributed by atoms with Gasteiger partial charge in [-0.25, -0.2) is 0 Å². The van der Waals surface area contributed by atoms with Crippen LogP contribution in [0.3, 0.4) is 0 Å². The zero-order valence-electron chi connectivity index (χ0n) is 15.6. The number of carbonyl (C=O) groups excluding carboxylic acids is 2. The molecule has 0 radical (unpaired) electrons. The zero-order valence-corrected chi connectivity index (χ0v) is 15.6. The van der Waals surface area contributed by atoms with Gasteiger partial charge in [-0.15, -0.1) is 0 Å². The molecule has 2 aromatic rings. The van der Waals surface area contributed by atoms with E-state index in [9.17, 15) is 35.9 Å². The Bertz CT molecular complexity index is 904. The molecule has 1 fully saturated rings. The number of alkyl halides is 6. The Kier molecular flexibility index (Phi) is 5.92. The zero-order chi connectivity index (χ0) is 22.1. The van der Waals surface area contributed by atoms with E-state index in [-0.39, 0.29) is 37.7 Å². The van der Waals surface area contributed by atoms with E-state index in [0.29, 0.717) is 12.1 Å². The number of hydrogen-bond donors (Lipinski definition) is 0. The summed E-state index contributed by atoms with van der Waals surface area (Å²) in [6.07, 6.45) is -9.83. The number of likely N-dealkylation sites (tertiary alicyclic amines) is 1. The summed E-state index contributed by atoms with van der Waals surface area (Å²) < 4.78 is 78.7. The third-order valence-corrected chi connectivity index (χ3v) is 4.95. The highest BCUT2D eigenvalue weighted by Gasteiger charge is 2.39. The van der Waals surface area contributed by atoms with Gasteiger partial charge in [0, 0.05) is 31.0 Å². The molecule has 30 heavy (non-hydrogen) atoms. The molecule has 160 valence electrons. The molecule has 0 saturated carbocycles. The number of halogens is 6. The monoisotopic (exact) mass is 429 g/mol. The number of carbonyl (C=O) groups is 2. The van der Waals surface area contributed by atoms with Crippen molar-refractivity contribution < 1.29 is 35.9 Å². The molecule has 1 saturated heterocycles. The average molecular weight is 429 g/mol. The van der Waals surface area contributed by atoms with Gasteiger partial charge >= 0.3 is 12.4 Å². The summed E-state index contributed by atoms with van der Waals surface area (Å²) in [5, 5.41) is 0. The van der Waals surface area contributed by atoms with E-state index in [2.05, 4.69) is 0 Å². The molecule has 3 nitrogen and oxygen atoms in total. The lowest BCUT2D eigenvalue weighted by atomic mass is 9.93. The number of amides is 1. The van der Waals surface area contributed by atoms with Crippen molar-refractivity contribution in [3.63, 3.8) is 0 Å². The molecule has 1 heterocycles. The fraction of sp³-hybridized carbons (Fsp3) is 0.333. The van der Waals surface area contributed by atoms with Crippen LogP contribution in [-0.2, 0) is 23.6 Å².